The van der Waals surface area contributed by atoms with Crippen molar-refractivity contribution in [3.63, 3.8) is 0 Å². The highest BCUT2D eigenvalue weighted by Crippen LogP contribution is 2.49. The predicted octanol–water partition coefficient (Wildman–Crippen LogP) is 5.43. The van der Waals surface area contributed by atoms with E-state index < -0.39 is 24.2 Å². The molecule has 0 aromatic carbocycles. The highest BCUT2D eigenvalue weighted by Gasteiger charge is 2.54. The number of rotatable bonds is 9. The van der Waals surface area contributed by atoms with Crippen LogP contribution in [-0.2, 0) is 11.2 Å². The number of hydrogen-bond donors (Lipinski definition) is 2. The molecular formula is C24H22F4N6OS2. The number of aromatic nitrogens is 3. The van der Waals surface area contributed by atoms with Gasteiger partial charge in [0.2, 0.25) is 11.0 Å². The molecule has 0 unspecified atom stereocenters. The van der Waals surface area contributed by atoms with Crippen molar-refractivity contribution in [2.24, 2.45) is 5.92 Å². The summed E-state index contributed by atoms with van der Waals surface area (Å²) in [5, 5.41) is 6.75. The molecule has 5 rings (SSSR count). The second-order valence-corrected chi connectivity index (χ2v) is 10.8. The summed E-state index contributed by atoms with van der Waals surface area (Å²) in [5.74, 6) is -0.398. The van der Waals surface area contributed by atoms with Gasteiger partial charge in [-0.2, -0.15) is 17.5 Å². The maximum Gasteiger partial charge on any atom is 0.397 e. The molecule has 0 atom stereocenters. The molecule has 3 aliphatic rings. The second-order valence-electron chi connectivity index (χ2n) is 9.01. The zero-order chi connectivity index (χ0) is 26.2. The van der Waals surface area contributed by atoms with Crippen LogP contribution in [0.1, 0.15) is 31.7 Å². The molecule has 0 bridgehead atoms. The van der Waals surface area contributed by atoms with Crippen molar-refractivity contribution in [2.45, 2.75) is 49.5 Å². The van der Waals surface area contributed by atoms with Crippen LogP contribution in [0.25, 0.3) is 0 Å². The van der Waals surface area contributed by atoms with E-state index >= 15 is 4.39 Å². The first-order valence-electron chi connectivity index (χ1n) is 11.6. The molecular weight excluding hydrogens is 528 g/mol. The smallest absolute Gasteiger partial charge is 0.350 e. The summed E-state index contributed by atoms with van der Waals surface area (Å²) in [6.45, 7) is 2.58. The van der Waals surface area contributed by atoms with E-state index in [9.17, 15) is 18.0 Å². The number of halogens is 4. The van der Waals surface area contributed by atoms with Crippen molar-refractivity contribution in [3.05, 3.63) is 52.2 Å². The summed E-state index contributed by atoms with van der Waals surface area (Å²) in [6.07, 6.45) is 0.877. The summed E-state index contributed by atoms with van der Waals surface area (Å²) < 4.78 is 56.3. The molecule has 1 aliphatic heterocycles. The Balaban J connectivity index is 1.41. The van der Waals surface area contributed by atoms with Gasteiger partial charge in [0.05, 0.1) is 23.7 Å². The van der Waals surface area contributed by atoms with Gasteiger partial charge in [-0.3, -0.25) is 4.79 Å². The summed E-state index contributed by atoms with van der Waals surface area (Å²) >= 11 is 2.52. The van der Waals surface area contributed by atoms with Gasteiger partial charge in [0.25, 0.3) is 0 Å². The lowest BCUT2D eigenvalue weighted by molar-refractivity contribution is -0.153. The highest BCUT2D eigenvalue weighted by atomic mass is 32.2. The van der Waals surface area contributed by atoms with Gasteiger partial charge in [0, 0.05) is 28.8 Å². The lowest BCUT2D eigenvalue weighted by Crippen LogP contribution is -2.60. The molecule has 1 amide bonds. The SMILES string of the molecule is CCc1c(Nc2ncns2)cc(N2CC(F)(C3CC3)C2)nc1SC1=C=C=C(NC(=O)CC(F)(F)F)C=C1. The number of nitrogens with one attached hydrogen (secondary N) is 2. The van der Waals surface area contributed by atoms with Gasteiger partial charge in [-0.15, -0.1) is 0 Å². The van der Waals surface area contributed by atoms with Gasteiger partial charge in [-0.1, -0.05) is 24.4 Å². The monoisotopic (exact) mass is 550 g/mol. The molecule has 2 N–H and O–H groups in total. The van der Waals surface area contributed by atoms with Crippen molar-refractivity contribution in [1.29, 1.82) is 0 Å². The van der Waals surface area contributed by atoms with Gasteiger partial charge in [-0.25, -0.2) is 14.4 Å². The number of nitrogens with zero attached hydrogens (tertiary/aromatic N) is 4. The van der Waals surface area contributed by atoms with E-state index in [2.05, 4.69) is 31.5 Å². The molecule has 2 aliphatic carbocycles. The molecule has 0 spiro atoms. The van der Waals surface area contributed by atoms with Crippen LogP contribution in [0.15, 0.2) is 51.6 Å². The van der Waals surface area contributed by atoms with Gasteiger partial charge < -0.3 is 15.5 Å². The zero-order valence-electron chi connectivity index (χ0n) is 19.7. The number of pyridine rings is 1. The molecule has 2 aromatic heterocycles. The van der Waals surface area contributed by atoms with Crippen LogP contribution in [0.5, 0.6) is 0 Å². The first-order chi connectivity index (χ1) is 17.6. The van der Waals surface area contributed by atoms with Crippen molar-refractivity contribution in [3.8, 4) is 0 Å². The fourth-order valence-electron chi connectivity index (χ4n) is 4.17. The molecule has 1 saturated carbocycles. The van der Waals surface area contributed by atoms with Crippen LogP contribution in [-0.4, -0.2) is 45.2 Å². The van der Waals surface area contributed by atoms with Crippen molar-refractivity contribution in [1.82, 2.24) is 19.7 Å². The Bertz CT molecular complexity index is 1330. The number of carbonyl (C=O) groups excluding carboxylic acids is 1. The average Bonchev–Trinajstić information content (AvgIpc) is 3.54. The summed E-state index contributed by atoms with van der Waals surface area (Å²) in [7, 11) is 0. The van der Waals surface area contributed by atoms with E-state index in [1.165, 1.54) is 35.7 Å². The molecule has 1 saturated heterocycles. The molecule has 194 valence electrons. The molecule has 7 nitrogen and oxygen atoms in total. The maximum absolute atomic E-state index is 15.0. The Morgan fingerprint density at radius 1 is 1.30 bits per heavy atom. The van der Waals surface area contributed by atoms with Crippen molar-refractivity contribution < 1.29 is 22.4 Å². The van der Waals surface area contributed by atoms with Crippen LogP contribution in [0.2, 0.25) is 0 Å². The predicted molar refractivity (Wildman–Crippen MR) is 133 cm³/mol. The van der Waals surface area contributed by atoms with E-state index in [4.69, 9.17) is 4.98 Å². The Morgan fingerprint density at radius 2 is 2.08 bits per heavy atom. The number of thioether (sulfide) groups is 1. The minimum Gasteiger partial charge on any atom is -0.350 e. The first-order valence-corrected chi connectivity index (χ1v) is 13.2. The lowest BCUT2D eigenvalue weighted by Gasteiger charge is -2.45. The van der Waals surface area contributed by atoms with E-state index in [0.717, 1.165) is 24.1 Å². The van der Waals surface area contributed by atoms with Crippen LogP contribution in [0, 0.1) is 5.92 Å². The lowest BCUT2D eigenvalue weighted by atomic mass is 9.91. The van der Waals surface area contributed by atoms with Gasteiger partial charge in [0.1, 0.15) is 29.3 Å². The first kappa shape index (κ1) is 25.5. The third kappa shape index (κ3) is 6.07. The summed E-state index contributed by atoms with van der Waals surface area (Å²) in [4.78, 5) is 23.1. The minimum atomic E-state index is -4.59. The normalized spacial score (nSPS) is 18.2. The number of hydrogen-bond acceptors (Lipinski definition) is 8. The number of anilines is 3. The van der Waals surface area contributed by atoms with E-state index in [1.54, 1.807) is 6.08 Å². The third-order valence-electron chi connectivity index (χ3n) is 6.13. The van der Waals surface area contributed by atoms with E-state index in [-0.39, 0.29) is 11.6 Å². The number of carbonyl (C=O) groups is 1. The number of amides is 1. The largest absolute Gasteiger partial charge is 0.397 e. The number of alkyl halides is 4. The van der Waals surface area contributed by atoms with Gasteiger partial charge in [-0.05, 0) is 43.1 Å². The van der Waals surface area contributed by atoms with Crippen molar-refractivity contribution >= 4 is 45.8 Å². The fraction of sp³-hybridized carbons (Fsp3) is 0.417. The van der Waals surface area contributed by atoms with Crippen LogP contribution < -0.4 is 15.5 Å². The molecule has 0 radical (unpaired) electrons. The summed E-state index contributed by atoms with van der Waals surface area (Å²) in [5.41, 5.74) is 6.18. The molecule has 3 heterocycles. The standard InChI is InChI=1S/C24H22F4N6OS2/c1-2-17-18(32-22-29-13-30-37-22)9-19(34-11-23(25,12-34)14-3-4-14)33-21(17)36-16-7-5-15(6-8-16)31-20(35)10-24(26,27)28/h5,7,9,13-14H,2-4,10-12H2,1H3,(H,31,35)(H,29,30,32,33). The van der Waals surface area contributed by atoms with Crippen LogP contribution in [0.4, 0.5) is 34.2 Å². The average molecular weight is 551 g/mol. The number of allylic oxidation sites excluding steroid dienone is 2. The Morgan fingerprint density at radius 3 is 2.68 bits per heavy atom. The van der Waals surface area contributed by atoms with Crippen LogP contribution >= 0.6 is 23.3 Å². The molecule has 13 heteroatoms. The molecule has 2 fully saturated rings. The van der Waals surface area contributed by atoms with E-state index in [0.29, 0.717) is 40.4 Å². The topological polar surface area (TPSA) is 83.0 Å². The quantitative estimate of drug-likeness (QED) is 0.318. The molecule has 2 aromatic rings. The zero-order valence-corrected chi connectivity index (χ0v) is 21.3. The van der Waals surface area contributed by atoms with Gasteiger partial charge >= 0.3 is 6.18 Å². The Hall–Kier alpha value is -3.11. The highest BCUT2D eigenvalue weighted by molar-refractivity contribution is 8.03. The van der Waals surface area contributed by atoms with Crippen molar-refractivity contribution in [2.75, 3.05) is 23.3 Å². The second kappa shape index (κ2) is 9.98. The fourth-order valence-corrected chi connectivity index (χ4v) is 5.58. The molecule has 37 heavy (non-hydrogen) atoms. The Kier molecular flexibility index (Phi) is 6.89. The minimum absolute atomic E-state index is 0.0922. The van der Waals surface area contributed by atoms with E-state index in [1.807, 2.05) is 17.9 Å². The Labute approximate surface area is 218 Å². The van der Waals surface area contributed by atoms with Crippen LogP contribution in [0.3, 0.4) is 0 Å². The van der Waals surface area contributed by atoms with Gasteiger partial charge in [0.15, 0.2) is 0 Å². The maximum atomic E-state index is 15.0. The third-order valence-corrected chi connectivity index (χ3v) is 7.70. The summed E-state index contributed by atoms with van der Waals surface area (Å²) in [6, 6.07) is 1.89.